The third-order valence-corrected chi connectivity index (χ3v) is 6.07. The van der Waals surface area contributed by atoms with Gasteiger partial charge in [-0.15, -0.1) is 0 Å². The molecule has 0 bridgehead atoms. The Morgan fingerprint density at radius 3 is 2.64 bits per heavy atom. The average Bonchev–Trinajstić information content (AvgIpc) is 2.87. The summed E-state index contributed by atoms with van der Waals surface area (Å²) in [5.74, 6) is 0.469. The fraction of sp³-hybridized carbons (Fsp3) is 0.333. The Morgan fingerprint density at radius 2 is 2.04 bits per heavy atom. The van der Waals surface area contributed by atoms with E-state index in [9.17, 15) is 13.2 Å². The Balaban J connectivity index is 1.59. The van der Waals surface area contributed by atoms with Gasteiger partial charge in [-0.1, -0.05) is 6.07 Å². The molecule has 1 aliphatic rings. The molecule has 25 heavy (non-hydrogen) atoms. The van der Waals surface area contributed by atoms with Gasteiger partial charge >= 0.3 is 0 Å². The Hall–Kier alpha value is -2.41. The summed E-state index contributed by atoms with van der Waals surface area (Å²) < 4.78 is 28.9. The van der Waals surface area contributed by atoms with Crippen LogP contribution in [-0.2, 0) is 16.4 Å². The molecule has 0 saturated carbocycles. The molecule has 1 atom stereocenters. The predicted octanol–water partition coefficient (Wildman–Crippen LogP) is 1.97. The summed E-state index contributed by atoms with van der Waals surface area (Å²) in [6.45, 7) is 2.16. The van der Waals surface area contributed by atoms with E-state index < -0.39 is 15.4 Å². The van der Waals surface area contributed by atoms with Crippen molar-refractivity contribution in [2.45, 2.75) is 25.5 Å². The van der Waals surface area contributed by atoms with Gasteiger partial charge in [-0.25, -0.2) is 8.42 Å². The lowest BCUT2D eigenvalue weighted by Gasteiger charge is -2.23. The molecule has 132 valence electrons. The molecule has 6 nitrogen and oxygen atoms in total. The van der Waals surface area contributed by atoms with Crippen molar-refractivity contribution in [1.82, 2.24) is 10.3 Å². The number of hydrogen-bond acceptors (Lipinski definition) is 5. The molecule has 1 fully saturated rings. The van der Waals surface area contributed by atoms with Gasteiger partial charge in [0.25, 0.3) is 5.91 Å². The van der Waals surface area contributed by atoms with E-state index in [4.69, 9.17) is 4.74 Å². The van der Waals surface area contributed by atoms with E-state index in [0.717, 1.165) is 5.56 Å². The molecule has 0 spiro atoms. The van der Waals surface area contributed by atoms with Crippen LogP contribution in [0.4, 0.5) is 0 Å². The van der Waals surface area contributed by atoms with Crippen LogP contribution in [-0.4, -0.2) is 36.4 Å². The number of pyridine rings is 1. The zero-order chi connectivity index (χ0) is 17.9. The van der Waals surface area contributed by atoms with Crippen LogP contribution < -0.4 is 10.1 Å². The number of hydrogen-bond donors (Lipinski definition) is 1. The summed E-state index contributed by atoms with van der Waals surface area (Å²) in [6.07, 6.45) is 3.87. The lowest BCUT2D eigenvalue weighted by Crippen LogP contribution is -2.46. The van der Waals surface area contributed by atoms with Crippen molar-refractivity contribution in [1.29, 1.82) is 0 Å². The molecule has 2 aromatic rings. The number of aromatic nitrogens is 1. The van der Waals surface area contributed by atoms with E-state index in [1.54, 1.807) is 43.6 Å². The molecule has 1 N–H and O–H groups in total. The predicted molar refractivity (Wildman–Crippen MR) is 94.2 cm³/mol. The van der Waals surface area contributed by atoms with Crippen LogP contribution in [0.1, 0.15) is 29.3 Å². The number of carbonyl (C=O) groups excluding carboxylic acids is 1. The molecule has 1 aromatic heterocycles. The van der Waals surface area contributed by atoms with Crippen LogP contribution in [0.5, 0.6) is 5.75 Å². The Kier molecular flexibility index (Phi) is 4.76. The summed E-state index contributed by atoms with van der Waals surface area (Å²) in [5, 5.41) is 2.84. The van der Waals surface area contributed by atoms with E-state index in [-0.39, 0.29) is 17.4 Å². The number of carbonyl (C=O) groups is 1. The minimum atomic E-state index is -3.06. The Bertz CT molecular complexity index is 850. The highest BCUT2D eigenvalue weighted by Gasteiger charge is 2.39. The van der Waals surface area contributed by atoms with Crippen LogP contribution >= 0.6 is 0 Å². The minimum absolute atomic E-state index is 0.0158. The van der Waals surface area contributed by atoms with E-state index in [1.807, 2.05) is 12.1 Å². The number of rotatable bonds is 5. The lowest BCUT2D eigenvalue weighted by atomic mass is 10.0. The van der Waals surface area contributed by atoms with Gasteiger partial charge < -0.3 is 10.1 Å². The zero-order valence-corrected chi connectivity index (χ0v) is 14.8. The normalized spacial score (nSPS) is 21.6. The second kappa shape index (κ2) is 6.84. The number of benzene rings is 1. The van der Waals surface area contributed by atoms with E-state index in [0.29, 0.717) is 24.3 Å². The first-order valence-corrected chi connectivity index (χ1v) is 9.82. The molecule has 2 heterocycles. The van der Waals surface area contributed by atoms with Crippen LogP contribution in [0.3, 0.4) is 0 Å². The van der Waals surface area contributed by atoms with Crippen molar-refractivity contribution in [3.63, 3.8) is 0 Å². The summed E-state index contributed by atoms with van der Waals surface area (Å²) in [7, 11) is -3.06. The van der Waals surface area contributed by atoms with Crippen LogP contribution in [0.25, 0.3) is 0 Å². The monoisotopic (exact) mass is 360 g/mol. The van der Waals surface area contributed by atoms with Crippen molar-refractivity contribution >= 4 is 15.7 Å². The van der Waals surface area contributed by atoms with Gasteiger partial charge in [0, 0.05) is 23.5 Å². The van der Waals surface area contributed by atoms with Gasteiger partial charge in [-0.3, -0.25) is 9.78 Å². The molecule has 1 aliphatic heterocycles. The molecule has 0 radical (unpaired) electrons. The number of nitrogens with zero attached hydrogens (tertiary/aromatic N) is 1. The van der Waals surface area contributed by atoms with Crippen LogP contribution in [0.2, 0.25) is 0 Å². The van der Waals surface area contributed by atoms with E-state index in [1.165, 1.54) is 0 Å². The van der Waals surface area contributed by atoms with Crippen LogP contribution in [0, 0.1) is 0 Å². The molecule has 1 amide bonds. The lowest BCUT2D eigenvalue weighted by molar-refractivity contribution is 0.0915. The number of amides is 1. The Labute approximate surface area is 147 Å². The Morgan fingerprint density at radius 1 is 1.28 bits per heavy atom. The number of sulfone groups is 1. The number of ether oxygens (including phenoxy) is 1. The van der Waals surface area contributed by atoms with Crippen molar-refractivity contribution in [2.24, 2.45) is 0 Å². The fourth-order valence-electron chi connectivity index (χ4n) is 2.81. The molecule has 0 unspecified atom stereocenters. The van der Waals surface area contributed by atoms with Crippen LogP contribution in [0.15, 0.2) is 48.8 Å². The SMILES string of the molecule is C[C@@]1(NC(=O)c2ccc(OCc3cccnc3)cc2)CCS(=O)(=O)C1. The number of nitrogens with one attached hydrogen (secondary N) is 1. The fourth-order valence-corrected chi connectivity index (χ4v) is 4.90. The second-order valence-corrected chi connectivity index (χ2v) is 8.72. The smallest absolute Gasteiger partial charge is 0.251 e. The third kappa shape index (κ3) is 4.57. The first-order chi connectivity index (χ1) is 11.9. The van der Waals surface area contributed by atoms with Gasteiger partial charge in [0.1, 0.15) is 12.4 Å². The minimum Gasteiger partial charge on any atom is -0.489 e. The topological polar surface area (TPSA) is 85.4 Å². The van der Waals surface area contributed by atoms with E-state index >= 15 is 0 Å². The summed E-state index contributed by atoms with van der Waals surface area (Å²) in [6, 6.07) is 10.5. The van der Waals surface area contributed by atoms with E-state index in [2.05, 4.69) is 10.3 Å². The molecule has 0 aliphatic carbocycles. The summed E-state index contributed by atoms with van der Waals surface area (Å²) >= 11 is 0. The largest absolute Gasteiger partial charge is 0.489 e. The maximum Gasteiger partial charge on any atom is 0.251 e. The molecular weight excluding hydrogens is 340 g/mol. The zero-order valence-electron chi connectivity index (χ0n) is 13.9. The maximum atomic E-state index is 12.4. The first kappa shape index (κ1) is 17.4. The molecule has 3 rings (SSSR count). The molecular formula is C18H20N2O4S. The van der Waals surface area contributed by atoms with Crippen molar-refractivity contribution in [3.05, 3.63) is 59.9 Å². The van der Waals surface area contributed by atoms with Crippen molar-refractivity contribution in [2.75, 3.05) is 11.5 Å². The average molecular weight is 360 g/mol. The highest BCUT2D eigenvalue weighted by molar-refractivity contribution is 7.91. The molecule has 7 heteroatoms. The standard InChI is InChI=1S/C18H20N2O4S/c1-18(8-10-25(22,23)13-18)20-17(21)15-4-6-16(7-5-15)24-12-14-3-2-9-19-11-14/h2-7,9,11H,8,10,12-13H2,1H3,(H,20,21)/t18-/m1/s1. The molecule has 1 saturated heterocycles. The molecule has 1 aromatic carbocycles. The summed E-state index contributed by atoms with van der Waals surface area (Å²) in [5.41, 5.74) is 0.727. The maximum absolute atomic E-state index is 12.4. The van der Waals surface area contributed by atoms with Crippen molar-refractivity contribution < 1.29 is 17.9 Å². The van der Waals surface area contributed by atoms with Gasteiger partial charge in [0.15, 0.2) is 9.84 Å². The van der Waals surface area contributed by atoms with Gasteiger partial charge in [-0.2, -0.15) is 0 Å². The summed E-state index contributed by atoms with van der Waals surface area (Å²) in [4.78, 5) is 16.4. The van der Waals surface area contributed by atoms with Gasteiger partial charge in [0.2, 0.25) is 0 Å². The second-order valence-electron chi connectivity index (χ2n) is 6.53. The third-order valence-electron chi connectivity index (χ3n) is 4.16. The highest BCUT2D eigenvalue weighted by atomic mass is 32.2. The first-order valence-electron chi connectivity index (χ1n) is 8.00. The van der Waals surface area contributed by atoms with Gasteiger partial charge in [-0.05, 0) is 43.7 Å². The quantitative estimate of drug-likeness (QED) is 0.881. The highest BCUT2D eigenvalue weighted by Crippen LogP contribution is 2.23. The van der Waals surface area contributed by atoms with Gasteiger partial charge in [0.05, 0.1) is 17.0 Å². The van der Waals surface area contributed by atoms with Crippen molar-refractivity contribution in [3.8, 4) is 5.75 Å².